The van der Waals surface area contributed by atoms with E-state index in [0.29, 0.717) is 6.04 Å². The number of aromatic nitrogens is 1. The van der Waals surface area contributed by atoms with Crippen molar-refractivity contribution in [1.29, 1.82) is 0 Å². The minimum Gasteiger partial charge on any atom is -0.291 e. The van der Waals surface area contributed by atoms with Crippen molar-refractivity contribution in [2.75, 3.05) is 6.54 Å². The second kappa shape index (κ2) is 4.15. The molecule has 1 aromatic carbocycles. The smallest absolute Gasteiger partial charge is 0.111 e. The van der Waals surface area contributed by atoms with Crippen molar-refractivity contribution in [2.45, 2.75) is 44.2 Å². The maximum absolute atomic E-state index is 5.05. The highest BCUT2D eigenvalue weighted by Gasteiger charge is 2.39. The molecule has 3 heteroatoms. The van der Waals surface area contributed by atoms with Crippen molar-refractivity contribution in [2.24, 2.45) is 0 Å². The Morgan fingerprint density at radius 2 is 2.10 bits per heavy atom. The van der Waals surface area contributed by atoms with Gasteiger partial charge in [0.15, 0.2) is 0 Å². The molecule has 0 radical (unpaired) electrons. The molecule has 102 valence electrons. The van der Waals surface area contributed by atoms with E-state index in [1.165, 1.54) is 58.9 Å². The molecule has 0 saturated carbocycles. The van der Waals surface area contributed by atoms with Crippen LogP contribution in [-0.2, 0) is 6.42 Å². The van der Waals surface area contributed by atoms with Gasteiger partial charge in [0.05, 0.1) is 11.7 Å². The predicted molar refractivity (Wildman–Crippen MR) is 82.1 cm³/mol. The zero-order valence-electron chi connectivity index (χ0n) is 11.5. The monoisotopic (exact) mass is 282 g/mol. The van der Waals surface area contributed by atoms with Gasteiger partial charge in [0.25, 0.3) is 0 Å². The number of thiazole rings is 1. The Balaban J connectivity index is 1.54. The molecule has 2 unspecified atom stereocenters. The lowest BCUT2D eigenvalue weighted by atomic mass is 10.1. The molecule has 1 aromatic heterocycles. The van der Waals surface area contributed by atoms with E-state index in [1.54, 1.807) is 0 Å². The summed E-state index contributed by atoms with van der Waals surface area (Å²) in [6.07, 6.45) is 6.59. The van der Waals surface area contributed by atoms with Gasteiger partial charge < -0.3 is 0 Å². The van der Waals surface area contributed by atoms with E-state index in [2.05, 4.69) is 29.2 Å². The molecule has 0 spiro atoms. The normalized spacial score (nSPS) is 27.6. The minimum absolute atomic E-state index is 0.616. The van der Waals surface area contributed by atoms with Gasteiger partial charge in [-0.25, -0.2) is 4.98 Å². The van der Waals surface area contributed by atoms with E-state index >= 15 is 0 Å². The van der Waals surface area contributed by atoms with Gasteiger partial charge in [-0.3, -0.25) is 4.90 Å². The zero-order chi connectivity index (χ0) is 13.1. The molecule has 2 aromatic rings. The average Bonchev–Trinajstić information content (AvgIpc) is 3.17. The molecule has 5 rings (SSSR count). The molecule has 2 aliphatic heterocycles. The molecule has 2 fully saturated rings. The molecule has 2 atom stereocenters. The van der Waals surface area contributed by atoms with Gasteiger partial charge in [-0.1, -0.05) is 24.3 Å². The topological polar surface area (TPSA) is 16.1 Å². The summed E-state index contributed by atoms with van der Waals surface area (Å²) in [5, 5.41) is 1.38. The first-order valence-corrected chi connectivity index (χ1v) is 8.55. The molecular formula is C17H18N2S. The number of rotatable bonds is 1. The van der Waals surface area contributed by atoms with Crippen LogP contribution < -0.4 is 0 Å². The third kappa shape index (κ3) is 1.51. The average molecular weight is 282 g/mol. The van der Waals surface area contributed by atoms with Crippen molar-refractivity contribution < 1.29 is 0 Å². The number of hydrogen-bond donors (Lipinski definition) is 0. The van der Waals surface area contributed by atoms with Crippen molar-refractivity contribution in [3.05, 3.63) is 39.7 Å². The van der Waals surface area contributed by atoms with E-state index in [4.69, 9.17) is 4.98 Å². The standard InChI is InChI=1S/C17H18N2S/c1-2-6-13-11(4-1)10-15-16(13)18-17(20-15)14-8-7-12-5-3-9-19(12)14/h1-2,4,6,12,14H,3,5,7-10H2. The van der Waals surface area contributed by atoms with Crippen molar-refractivity contribution in [3.8, 4) is 11.3 Å². The second-order valence-electron chi connectivity index (χ2n) is 6.28. The second-order valence-corrected chi connectivity index (χ2v) is 7.40. The summed E-state index contributed by atoms with van der Waals surface area (Å²) < 4.78 is 0. The Bertz CT molecular complexity index is 675. The van der Waals surface area contributed by atoms with Gasteiger partial charge in [-0.15, -0.1) is 11.3 Å². The molecule has 3 heterocycles. The van der Waals surface area contributed by atoms with Crippen molar-refractivity contribution in [1.82, 2.24) is 9.88 Å². The Labute approximate surface area is 123 Å². The van der Waals surface area contributed by atoms with Gasteiger partial charge in [0.1, 0.15) is 5.01 Å². The maximum atomic E-state index is 5.05. The summed E-state index contributed by atoms with van der Waals surface area (Å²) in [4.78, 5) is 9.26. The molecule has 2 nitrogen and oxygen atoms in total. The lowest BCUT2D eigenvalue weighted by Gasteiger charge is -2.21. The maximum Gasteiger partial charge on any atom is 0.111 e. The molecule has 0 N–H and O–H groups in total. The fourth-order valence-corrected chi connectivity index (χ4v) is 5.54. The molecular weight excluding hydrogens is 264 g/mol. The Kier molecular flexibility index (Phi) is 2.38. The van der Waals surface area contributed by atoms with Crippen LogP contribution in [0.5, 0.6) is 0 Å². The third-order valence-electron chi connectivity index (χ3n) is 5.22. The number of hydrogen-bond acceptors (Lipinski definition) is 3. The number of nitrogens with zero attached hydrogens (tertiary/aromatic N) is 2. The van der Waals surface area contributed by atoms with E-state index < -0.39 is 0 Å². The molecule has 0 bridgehead atoms. The Morgan fingerprint density at radius 3 is 3.10 bits per heavy atom. The Morgan fingerprint density at radius 1 is 1.15 bits per heavy atom. The third-order valence-corrected chi connectivity index (χ3v) is 6.38. The van der Waals surface area contributed by atoms with Gasteiger partial charge >= 0.3 is 0 Å². The first kappa shape index (κ1) is 11.5. The lowest BCUT2D eigenvalue weighted by Crippen LogP contribution is -2.25. The molecule has 2 saturated heterocycles. The van der Waals surface area contributed by atoms with E-state index in [0.717, 1.165) is 12.5 Å². The molecule has 20 heavy (non-hydrogen) atoms. The van der Waals surface area contributed by atoms with Crippen LogP contribution in [0.3, 0.4) is 0 Å². The summed E-state index contributed by atoms with van der Waals surface area (Å²) in [5.74, 6) is 0. The number of fused-ring (bicyclic) bond motifs is 4. The van der Waals surface area contributed by atoms with Crippen LogP contribution in [0.15, 0.2) is 24.3 Å². The van der Waals surface area contributed by atoms with Gasteiger partial charge in [-0.05, 0) is 37.8 Å². The highest BCUT2D eigenvalue weighted by Crippen LogP contribution is 2.46. The highest BCUT2D eigenvalue weighted by molar-refractivity contribution is 7.12. The first-order valence-electron chi connectivity index (χ1n) is 7.74. The quantitative estimate of drug-likeness (QED) is 0.670. The Hall–Kier alpha value is -1.19. The van der Waals surface area contributed by atoms with Crippen LogP contribution in [0.4, 0.5) is 0 Å². The summed E-state index contributed by atoms with van der Waals surface area (Å²) in [5.41, 5.74) is 4.11. The molecule has 1 aliphatic carbocycles. The fourth-order valence-electron chi connectivity index (χ4n) is 4.28. The van der Waals surface area contributed by atoms with E-state index in [9.17, 15) is 0 Å². The summed E-state index contributed by atoms with van der Waals surface area (Å²) in [7, 11) is 0. The van der Waals surface area contributed by atoms with Crippen LogP contribution in [0.2, 0.25) is 0 Å². The molecule has 0 amide bonds. The van der Waals surface area contributed by atoms with Crippen molar-refractivity contribution in [3.63, 3.8) is 0 Å². The number of benzene rings is 1. The van der Waals surface area contributed by atoms with Crippen LogP contribution >= 0.6 is 11.3 Å². The largest absolute Gasteiger partial charge is 0.291 e. The first-order chi connectivity index (χ1) is 9.90. The van der Waals surface area contributed by atoms with Crippen LogP contribution in [0, 0.1) is 0 Å². The lowest BCUT2D eigenvalue weighted by molar-refractivity contribution is 0.248. The SMILES string of the molecule is c1ccc2c(c1)Cc1sc(C3CCC4CCCN43)nc1-2. The van der Waals surface area contributed by atoms with Gasteiger partial charge in [0.2, 0.25) is 0 Å². The molecule has 3 aliphatic rings. The minimum atomic E-state index is 0.616. The zero-order valence-corrected chi connectivity index (χ0v) is 12.3. The van der Waals surface area contributed by atoms with E-state index in [-0.39, 0.29) is 0 Å². The summed E-state index contributed by atoms with van der Waals surface area (Å²) >= 11 is 1.97. The van der Waals surface area contributed by atoms with Crippen LogP contribution in [0.1, 0.15) is 47.2 Å². The van der Waals surface area contributed by atoms with Gasteiger partial charge in [0, 0.05) is 22.9 Å². The van der Waals surface area contributed by atoms with Crippen LogP contribution in [0.25, 0.3) is 11.3 Å². The summed E-state index contributed by atoms with van der Waals surface area (Å²) in [6, 6.07) is 10.2. The summed E-state index contributed by atoms with van der Waals surface area (Å²) in [6.45, 7) is 1.29. The predicted octanol–water partition coefficient (Wildman–Crippen LogP) is 4.01. The van der Waals surface area contributed by atoms with E-state index in [1.807, 2.05) is 11.3 Å². The van der Waals surface area contributed by atoms with Crippen LogP contribution in [-0.4, -0.2) is 22.5 Å². The van der Waals surface area contributed by atoms with Crippen molar-refractivity contribution >= 4 is 11.3 Å². The fraction of sp³-hybridized carbons (Fsp3) is 0.471. The highest BCUT2D eigenvalue weighted by atomic mass is 32.1. The van der Waals surface area contributed by atoms with Gasteiger partial charge in [-0.2, -0.15) is 0 Å².